The standard InChI is InChI=1S/C14H19BrO4/c1-17-13-8-11(15)14(18-2)7-10(13)12(16)6-9-4-3-5-19-9/h7-9,12,16H,3-6H2,1-2H3. The third kappa shape index (κ3) is 3.41. The molecule has 1 N–H and O–H groups in total. The molecule has 0 bridgehead atoms. The summed E-state index contributed by atoms with van der Waals surface area (Å²) in [6.45, 7) is 0.790. The van der Waals surface area contributed by atoms with E-state index in [1.807, 2.05) is 12.1 Å². The van der Waals surface area contributed by atoms with Crippen LogP contribution in [0.2, 0.25) is 0 Å². The highest BCUT2D eigenvalue weighted by Crippen LogP contribution is 2.38. The maximum absolute atomic E-state index is 10.4. The normalized spacial score (nSPS) is 20.3. The molecule has 0 saturated carbocycles. The van der Waals surface area contributed by atoms with E-state index in [1.54, 1.807) is 14.2 Å². The van der Waals surface area contributed by atoms with Crippen molar-refractivity contribution in [2.75, 3.05) is 20.8 Å². The molecule has 106 valence electrons. The van der Waals surface area contributed by atoms with Gasteiger partial charge in [-0.05, 0) is 40.9 Å². The van der Waals surface area contributed by atoms with E-state index in [2.05, 4.69) is 15.9 Å². The van der Waals surface area contributed by atoms with Gasteiger partial charge in [0.05, 0.1) is 30.9 Å². The zero-order valence-corrected chi connectivity index (χ0v) is 12.8. The molecule has 2 rings (SSSR count). The molecule has 0 aliphatic carbocycles. The lowest BCUT2D eigenvalue weighted by Gasteiger charge is -2.19. The Morgan fingerprint density at radius 3 is 2.68 bits per heavy atom. The first-order chi connectivity index (χ1) is 9.15. The summed E-state index contributed by atoms with van der Waals surface area (Å²) in [6, 6.07) is 3.62. The zero-order chi connectivity index (χ0) is 13.8. The fourth-order valence-corrected chi connectivity index (χ4v) is 2.83. The molecule has 1 saturated heterocycles. The van der Waals surface area contributed by atoms with Crippen LogP contribution in [0.1, 0.15) is 30.9 Å². The molecule has 0 aromatic heterocycles. The molecule has 0 radical (unpaired) electrons. The van der Waals surface area contributed by atoms with Gasteiger partial charge in [0, 0.05) is 18.6 Å². The minimum atomic E-state index is -0.611. The van der Waals surface area contributed by atoms with Crippen LogP contribution in [0.4, 0.5) is 0 Å². The molecule has 4 nitrogen and oxygen atoms in total. The average Bonchev–Trinajstić information content (AvgIpc) is 2.91. The predicted molar refractivity (Wildman–Crippen MR) is 75.8 cm³/mol. The average molecular weight is 331 g/mol. The Bertz CT molecular complexity index is 430. The first-order valence-electron chi connectivity index (χ1n) is 6.36. The highest BCUT2D eigenvalue weighted by Gasteiger charge is 2.23. The summed E-state index contributed by atoms with van der Waals surface area (Å²) >= 11 is 3.41. The van der Waals surface area contributed by atoms with Crippen molar-refractivity contribution in [1.82, 2.24) is 0 Å². The lowest BCUT2D eigenvalue weighted by atomic mass is 10.0. The van der Waals surface area contributed by atoms with Crippen LogP contribution in [0.25, 0.3) is 0 Å². The van der Waals surface area contributed by atoms with Crippen molar-refractivity contribution in [1.29, 1.82) is 0 Å². The topological polar surface area (TPSA) is 47.9 Å². The molecule has 1 aromatic rings. The van der Waals surface area contributed by atoms with Crippen LogP contribution in [0.5, 0.6) is 11.5 Å². The quantitative estimate of drug-likeness (QED) is 0.901. The Labute approximate surface area is 121 Å². The number of rotatable bonds is 5. The van der Waals surface area contributed by atoms with Crippen molar-refractivity contribution in [2.24, 2.45) is 0 Å². The molecule has 19 heavy (non-hydrogen) atoms. The van der Waals surface area contributed by atoms with Crippen molar-refractivity contribution in [3.05, 3.63) is 22.2 Å². The maximum atomic E-state index is 10.4. The van der Waals surface area contributed by atoms with Gasteiger partial charge in [0.25, 0.3) is 0 Å². The van der Waals surface area contributed by atoms with E-state index in [9.17, 15) is 5.11 Å². The summed E-state index contributed by atoms with van der Waals surface area (Å²) in [4.78, 5) is 0. The van der Waals surface area contributed by atoms with Crippen LogP contribution in [0.15, 0.2) is 16.6 Å². The van der Waals surface area contributed by atoms with Crippen molar-refractivity contribution in [3.63, 3.8) is 0 Å². The molecule has 2 unspecified atom stereocenters. The Balaban J connectivity index is 2.20. The van der Waals surface area contributed by atoms with E-state index in [4.69, 9.17) is 14.2 Å². The second kappa shape index (κ2) is 6.59. The second-order valence-electron chi connectivity index (χ2n) is 4.62. The Morgan fingerprint density at radius 2 is 2.11 bits per heavy atom. The molecule has 0 spiro atoms. The first-order valence-corrected chi connectivity index (χ1v) is 7.16. The third-order valence-corrected chi connectivity index (χ3v) is 3.99. The van der Waals surface area contributed by atoms with E-state index < -0.39 is 6.10 Å². The van der Waals surface area contributed by atoms with Crippen LogP contribution in [-0.4, -0.2) is 32.0 Å². The van der Waals surface area contributed by atoms with Crippen molar-refractivity contribution >= 4 is 15.9 Å². The van der Waals surface area contributed by atoms with Crippen molar-refractivity contribution in [2.45, 2.75) is 31.5 Å². The number of ether oxygens (including phenoxy) is 3. The number of halogens is 1. The van der Waals surface area contributed by atoms with Gasteiger partial charge < -0.3 is 19.3 Å². The summed E-state index contributed by atoms with van der Waals surface area (Å²) < 4.78 is 16.9. The Kier molecular flexibility index (Phi) is 5.07. The molecule has 2 atom stereocenters. The Morgan fingerprint density at radius 1 is 1.37 bits per heavy atom. The molecule has 1 aromatic carbocycles. The summed E-state index contributed by atoms with van der Waals surface area (Å²) in [5.74, 6) is 1.33. The molecular formula is C14H19BrO4. The van der Waals surface area contributed by atoms with E-state index >= 15 is 0 Å². The monoisotopic (exact) mass is 330 g/mol. The fourth-order valence-electron chi connectivity index (χ4n) is 2.35. The van der Waals surface area contributed by atoms with Gasteiger partial charge >= 0.3 is 0 Å². The third-order valence-electron chi connectivity index (χ3n) is 3.37. The zero-order valence-electron chi connectivity index (χ0n) is 11.2. The largest absolute Gasteiger partial charge is 0.496 e. The minimum absolute atomic E-state index is 0.134. The van der Waals surface area contributed by atoms with E-state index in [1.165, 1.54) is 0 Å². The van der Waals surface area contributed by atoms with E-state index in [0.717, 1.165) is 29.5 Å². The molecule has 1 fully saturated rings. The number of aliphatic hydroxyl groups is 1. The number of hydrogen-bond donors (Lipinski definition) is 1. The van der Waals surface area contributed by atoms with Crippen LogP contribution in [-0.2, 0) is 4.74 Å². The van der Waals surface area contributed by atoms with Gasteiger partial charge in [-0.25, -0.2) is 0 Å². The van der Waals surface area contributed by atoms with Gasteiger partial charge in [-0.3, -0.25) is 0 Å². The molecular weight excluding hydrogens is 312 g/mol. The fraction of sp³-hybridized carbons (Fsp3) is 0.571. The van der Waals surface area contributed by atoms with Crippen LogP contribution in [0, 0.1) is 0 Å². The van der Waals surface area contributed by atoms with Gasteiger partial charge in [0.1, 0.15) is 11.5 Å². The van der Waals surface area contributed by atoms with Crippen molar-refractivity contribution in [3.8, 4) is 11.5 Å². The molecule has 1 aliphatic heterocycles. The Hall–Kier alpha value is -0.780. The highest BCUT2D eigenvalue weighted by molar-refractivity contribution is 9.10. The van der Waals surface area contributed by atoms with Crippen molar-refractivity contribution < 1.29 is 19.3 Å². The second-order valence-corrected chi connectivity index (χ2v) is 5.47. The first kappa shape index (κ1) is 14.6. The SMILES string of the molecule is COc1cc(C(O)CC2CCCO2)c(OC)cc1Br. The van der Waals surface area contributed by atoms with E-state index in [-0.39, 0.29) is 6.10 Å². The molecule has 1 heterocycles. The predicted octanol–water partition coefficient (Wildman–Crippen LogP) is 3.07. The summed E-state index contributed by atoms with van der Waals surface area (Å²) in [7, 11) is 3.19. The highest BCUT2D eigenvalue weighted by atomic mass is 79.9. The minimum Gasteiger partial charge on any atom is -0.496 e. The molecule has 0 amide bonds. The maximum Gasteiger partial charge on any atom is 0.133 e. The summed E-state index contributed by atoms with van der Waals surface area (Å²) in [5.41, 5.74) is 0.734. The van der Waals surface area contributed by atoms with Gasteiger partial charge in [0.2, 0.25) is 0 Å². The molecule has 5 heteroatoms. The lowest BCUT2D eigenvalue weighted by molar-refractivity contribution is 0.0525. The summed E-state index contributed by atoms with van der Waals surface area (Å²) in [5, 5.41) is 10.4. The molecule has 1 aliphatic rings. The number of aliphatic hydroxyl groups excluding tert-OH is 1. The lowest BCUT2D eigenvalue weighted by Crippen LogP contribution is -2.12. The van der Waals surface area contributed by atoms with Gasteiger partial charge in [0.15, 0.2) is 0 Å². The van der Waals surface area contributed by atoms with Crippen LogP contribution in [0.3, 0.4) is 0 Å². The number of benzene rings is 1. The summed E-state index contributed by atoms with van der Waals surface area (Å²) in [6.07, 6.45) is 2.18. The van der Waals surface area contributed by atoms with Gasteiger partial charge in [-0.1, -0.05) is 0 Å². The van der Waals surface area contributed by atoms with Crippen LogP contribution < -0.4 is 9.47 Å². The van der Waals surface area contributed by atoms with Gasteiger partial charge in [-0.2, -0.15) is 0 Å². The number of hydrogen-bond acceptors (Lipinski definition) is 4. The number of methoxy groups -OCH3 is 2. The van der Waals surface area contributed by atoms with E-state index in [0.29, 0.717) is 17.9 Å². The smallest absolute Gasteiger partial charge is 0.133 e. The van der Waals surface area contributed by atoms with Crippen LogP contribution >= 0.6 is 15.9 Å². The van der Waals surface area contributed by atoms with Gasteiger partial charge in [-0.15, -0.1) is 0 Å².